The minimum Gasteiger partial charge on any atom is -0.463 e. The minimum absolute atomic E-state index is 0.0810. The highest BCUT2D eigenvalue weighted by atomic mass is 16.6. The third-order valence-electron chi connectivity index (χ3n) is 2.92. The van der Waals surface area contributed by atoms with Crippen LogP contribution < -0.4 is 5.32 Å². The Hall–Kier alpha value is -1.52. The standard InChI is InChI=1S/C12H17NO4/c1-11(2,3)17-10(15)13-12-6-4-5-8(12)7-16-9(12)14/h4-5,8H,6-7H2,1-3H3,(H,13,15)/t8-,12+/m0/s1. The van der Waals surface area contributed by atoms with Crippen LogP contribution in [0.15, 0.2) is 12.2 Å². The van der Waals surface area contributed by atoms with Gasteiger partial charge < -0.3 is 14.8 Å². The summed E-state index contributed by atoms with van der Waals surface area (Å²) in [6, 6.07) is 0. The molecular weight excluding hydrogens is 222 g/mol. The lowest BCUT2D eigenvalue weighted by atomic mass is 9.89. The molecule has 5 nitrogen and oxygen atoms in total. The summed E-state index contributed by atoms with van der Waals surface area (Å²) in [6.45, 7) is 5.66. The molecule has 0 aromatic carbocycles. The predicted molar refractivity (Wildman–Crippen MR) is 60.3 cm³/mol. The molecule has 0 bridgehead atoms. The molecule has 1 saturated heterocycles. The molecule has 1 aliphatic heterocycles. The molecule has 1 aliphatic carbocycles. The summed E-state index contributed by atoms with van der Waals surface area (Å²) in [5.74, 6) is -0.458. The van der Waals surface area contributed by atoms with Gasteiger partial charge in [-0.2, -0.15) is 0 Å². The average molecular weight is 239 g/mol. The van der Waals surface area contributed by atoms with Gasteiger partial charge in [-0.25, -0.2) is 9.59 Å². The van der Waals surface area contributed by atoms with Crippen molar-refractivity contribution in [2.75, 3.05) is 6.61 Å². The summed E-state index contributed by atoms with van der Waals surface area (Å²) >= 11 is 0. The Bertz CT molecular complexity index is 382. The highest BCUT2D eigenvalue weighted by molar-refractivity contribution is 5.89. The number of hydrogen-bond acceptors (Lipinski definition) is 4. The summed E-state index contributed by atoms with van der Waals surface area (Å²) in [6.07, 6.45) is 3.69. The Morgan fingerprint density at radius 3 is 2.94 bits per heavy atom. The van der Waals surface area contributed by atoms with Crippen LogP contribution in [0.2, 0.25) is 0 Å². The Kier molecular flexibility index (Phi) is 2.64. The van der Waals surface area contributed by atoms with Crippen LogP contribution in [0.4, 0.5) is 4.79 Å². The van der Waals surface area contributed by atoms with Crippen molar-refractivity contribution in [2.45, 2.75) is 38.3 Å². The van der Waals surface area contributed by atoms with Gasteiger partial charge in [0.15, 0.2) is 5.54 Å². The Labute approximate surface area is 100 Å². The molecular formula is C12H17NO4. The fourth-order valence-electron chi connectivity index (χ4n) is 2.14. The fourth-order valence-corrected chi connectivity index (χ4v) is 2.14. The number of alkyl carbamates (subject to hydrolysis) is 1. The highest BCUT2D eigenvalue weighted by Gasteiger charge is 2.54. The lowest BCUT2D eigenvalue weighted by Gasteiger charge is -2.28. The van der Waals surface area contributed by atoms with Crippen molar-refractivity contribution in [3.8, 4) is 0 Å². The van der Waals surface area contributed by atoms with E-state index < -0.39 is 17.2 Å². The van der Waals surface area contributed by atoms with Gasteiger partial charge in [-0.3, -0.25) is 0 Å². The molecule has 0 saturated carbocycles. The quantitative estimate of drug-likeness (QED) is 0.554. The molecule has 1 fully saturated rings. The molecule has 1 N–H and O–H groups in total. The molecule has 0 aromatic rings. The third kappa shape index (κ3) is 2.14. The average Bonchev–Trinajstić information content (AvgIpc) is 2.65. The Balaban J connectivity index is 2.07. The van der Waals surface area contributed by atoms with Crippen molar-refractivity contribution in [3.63, 3.8) is 0 Å². The second kappa shape index (κ2) is 3.75. The van der Waals surface area contributed by atoms with Gasteiger partial charge in [0, 0.05) is 12.3 Å². The van der Waals surface area contributed by atoms with E-state index in [0.29, 0.717) is 13.0 Å². The first-order valence-corrected chi connectivity index (χ1v) is 5.68. The molecule has 0 spiro atoms. The molecule has 17 heavy (non-hydrogen) atoms. The number of rotatable bonds is 1. The second-order valence-electron chi connectivity index (χ2n) is 5.44. The number of hydrogen-bond donors (Lipinski definition) is 1. The van der Waals surface area contributed by atoms with Crippen LogP contribution in [-0.4, -0.2) is 29.8 Å². The van der Waals surface area contributed by atoms with Gasteiger partial charge in [0.05, 0.1) is 0 Å². The van der Waals surface area contributed by atoms with Gasteiger partial charge in [-0.1, -0.05) is 12.2 Å². The number of fused-ring (bicyclic) bond motifs is 1. The van der Waals surface area contributed by atoms with Crippen LogP contribution in [0.3, 0.4) is 0 Å². The first kappa shape index (κ1) is 12.0. The number of nitrogens with one attached hydrogen (secondary N) is 1. The zero-order valence-electron chi connectivity index (χ0n) is 10.3. The zero-order valence-corrected chi connectivity index (χ0v) is 10.3. The van der Waals surface area contributed by atoms with Crippen LogP contribution in [0.5, 0.6) is 0 Å². The van der Waals surface area contributed by atoms with Crippen LogP contribution in [-0.2, 0) is 14.3 Å². The van der Waals surface area contributed by atoms with Crippen molar-refractivity contribution in [3.05, 3.63) is 12.2 Å². The largest absolute Gasteiger partial charge is 0.463 e. The Morgan fingerprint density at radius 1 is 1.59 bits per heavy atom. The van der Waals surface area contributed by atoms with Crippen molar-refractivity contribution in [1.29, 1.82) is 0 Å². The maximum atomic E-state index is 11.7. The van der Waals surface area contributed by atoms with Crippen LogP contribution in [0.25, 0.3) is 0 Å². The monoisotopic (exact) mass is 239 g/mol. The maximum Gasteiger partial charge on any atom is 0.408 e. The second-order valence-corrected chi connectivity index (χ2v) is 5.44. The van der Waals surface area contributed by atoms with E-state index in [1.807, 2.05) is 12.2 Å². The van der Waals surface area contributed by atoms with E-state index in [4.69, 9.17) is 9.47 Å². The van der Waals surface area contributed by atoms with Gasteiger partial charge in [0.2, 0.25) is 0 Å². The molecule has 0 radical (unpaired) electrons. The van der Waals surface area contributed by atoms with E-state index in [0.717, 1.165) is 0 Å². The molecule has 5 heteroatoms. The maximum absolute atomic E-state index is 11.7. The number of cyclic esters (lactones) is 1. The van der Waals surface area contributed by atoms with E-state index in [2.05, 4.69) is 5.32 Å². The summed E-state index contributed by atoms with van der Waals surface area (Å²) in [5.41, 5.74) is -1.52. The normalized spacial score (nSPS) is 31.0. The number of esters is 1. The first-order valence-electron chi connectivity index (χ1n) is 5.68. The SMILES string of the molecule is CC(C)(C)OC(=O)N[C@]12CC=C[C@H]1COC2=O. The molecule has 1 heterocycles. The number of ether oxygens (including phenoxy) is 2. The molecule has 0 aromatic heterocycles. The number of carbonyl (C=O) groups excluding carboxylic acids is 2. The van der Waals surface area contributed by atoms with Gasteiger partial charge in [-0.15, -0.1) is 0 Å². The van der Waals surface area contributed by atoms with Crippen molar-refractivity contribution >= 4 is 12.1 Å². The van der Waals surface area contributed by atoms with E-state index >= 15 is 0 Å². The van der Waals surface area contributed by atoms with E-state index in [-0.39, 0.29) is 11.9 Å². The molecule has 94 valence electrons. The van der Waals surface area contributed by atoms with Gasteiger partial charge in [-0.05, 0) is 20.8 Å². The topological polar surface area (TPSA) is 64.6 Å². The minimum atomic E-state index is -0.942. The Morgan fingerprint density at radius 2 is 2.29 bits per heavy atom. The molecule has 2 rings (SSSR count). The van der Waals surface area contributed by atoms with Crippen LogP contribution in [0.1, 0.15) is 27.2 Å². The van der Waals surface area contributed by atoms with Gasteiger partial charge in [0.1, 0.15) is 12.2 Å². The van der Waals surface area contributed by atoms with Crippen molar-refractivity contribution in [1.82, 2.24) is 5.32 Å². The summed E-state index contributed by atoms with van der Waals surface area (Å²) in [5, 5.41) is 2.66. The molecule has 2 aliphatic rings. The first-order chi connectivity index (χ1) is 7.83. The van der Waals surface area contributed by atoms with Gasteiger partial charge in [0.25, 0.3) is 0 Å². The number of amides is 1. The lowest BCUT2D eigenvalue weighted by Crippen LogP contribution is -2.55. The summed E-state index contributed by atoms with van der Waals surface area (Å²) in [7, 11) is 0. The summed E-state index contributed by atoms with van der Waals surface area (Å²) in [4.78, 5) is 23.5. The van der Waals surface area contributed by atoms with Crippen molar-refractivity contribution < 1.29 is 19.1 Å². The molecule has 0 unspecified atom stereocenters. The highest BCUT2D eigenvalue weighted by Crippen LogP contribution is 2.36. The molecule has 2 atom stereocenters. The molecule has 1 amide bonds. The van der Waals surface area contributed by atoms with Crippen LogP contribution >= 0.6 is 0 Å². The lowest BCUT2D eigenvalue weighted by molar-refractivity contribution is -0.143. The summed E-state index contributed by atoms with van der Waals surface area (Å²) < 4.78 is 10.2. The predicted octanol–water partition coefficient (Wildman–Crippen LogP) is 1.38. The van der Waals surface area contributed by atoms with E-state index in [9.17, 15) is 9.59 Å². The van der Waals surface area contributed by atoms with Gasteiger partial charge >= 0.3 is 12.1 Å². The third-order valence-corrected chi connectivity index (χ3v) is 2.92. The van der Waals surface area contributed by atoms with E-state index in [1.165, 1.54) is 0 Å². The smallest absolute Gasteiger partial charge is 0.408 e. The zero-order chi connectivity index (χ0) is 12.7. The number of carbonyl (C=O) groups is 2. The van der Waals surface area contributed by atoms with Crippen molar-refractivity contribution in [2.24, 2.45) is 5.92 Å². The van der Waals surface area contributed by atoms with E-state index in [1.54, 1.807) is 20.8 Å². The fraction of sp³-hybridized carbons (Fsp3) is 0.667. The van der Waals surface area contributed by atoms with Crippen LogP contribution in [0, 0.1) is 5.92 Å².